The highest BCUT2D eigenvalue weighted by Crippen LogP contribution is 2.31. The maximum Gasteiger partial charge on any atom is 0.106 e. The molecule has 0 bridgehead atoms. The van der Waals surface area contributed by atoms with Gasteiger partial charge in [-0.25, -0.2) is 4.98 Å². The SMILES string of the molecule is Nc1c(NC2CCCCCCC2)ccc2scnc12. The Hall–Kier alpha value is -1.29. The number of nitrogens with one attached hydrogen (secondary N) is 1. The van der Waals surface area contributed by atoms with Gasteiger partial charge in [-0.2, -0.15) is 0 Å². The molecule has 0 spiro atoms. The van der Waals surface area contributed by atoms with Crippen LogP contribution in [0.15, 0.2) is 17.6 Å². The lowest BCUT2D eigenvalue weighted by Gasteiger charge is -2.23. The Morgan fingerprint density at radius 3 is 2.63 bits per heavy atom. The molecular weight excluding hydrogens is 254 g/mol. The first-order chi connectivity index (χ1) is 9.34. The quantitative estimate of drug-likeness (QED) is 0.798. The highest BCUT2D eigenvalue weighted by atomic mass is 32.1. The number of thiazole rings is 1. The number of benzene rings is 1. The van der Waals surface area contributed by atoms with E-state index in [2.05, 4.69) is 22.4 Å². The first-order valence-corrected chi connectivity index (χ1v) is 8.11. The van der Waals surface area contributed by atoms with E-state index in [1.54, 1.807) is 11.3 Å². The van der Waals surface area contributed by atoms with Gasteiger partial charge in [-0.1, -0.05) is 32.1 Å². The van der Waals surface area contributed by atoms with Gasteiger partial charge in [0, 0.05) is 6.04 Å². The van der Waals surface area contributed by atoms with E-state index in [-0.39, 0.29) is 0 Å². The lowest BCUT2D eigenvalue weighted by atomic mass is 9.96. The van der Waals surface area contributed by atoms with Gasteiger partial charge in [-0.3, -0.25) is 0 Å². The Labute approximate surface area is 118 Å². The zero-order chi connectivity index (χ0) is 13.1. The molecule has 0 amide bonds. The molecule has 3 nitrogen and oxygen atoms in total. The van der Waals surface area contributed by atoms with E-state index in [9.17, 15) is 0 Å². The standard InChI is InChI=1S/C15H21N3S/c16-14-12(8-9-13-15(14)17-10-19-13)18-11-6-4-2-1-3-5-7-11/h8-11,18H,1-7,16H2. The largest absolute Gasteiger partial charge is 0.395 e. The van der Waals surface area contributed by atoms with Gasteiger partial charge >= 0.3 is 0 Å². The monoisotopic (exact) mass is 275 g/mol. The van der Waals surface area contributed by atoms with Crippen molar-refractivity contribution in [2.24, 2.45) is 0 Å². The highest BCUT2D eigenvalue weighted by molar-refractivity contribution is 7.16. The summed E-state index contributed by atoms with van der Waals surface area (Å²) in [4.78, 5) is 4.36. The number of nitrogens with two attached hydrogens (primary N) is 1. The summed E-state index contributed by atoms with van der Waals surface area (Å²) in [7, 11) is 0. The normalized spacial score (nSPS) is 18.1. The fourth-order valence-corrected chi connectivity index (χ4v) is 3.59. The van der Waals surface area contributed by atoms with Crippen molar-refractivity contribution in [1.29, 1.82) is 0 Å². The molecule has 1 aromatic heterocycles. The number of fused-ring (bicyclic) bond motifs is 1. The van der Waals surface area contributed by atoms with Gasteiger partial charge in [0.1, 0.15) is 5.52 Å². The molecule has 0 radical (unpaired) electrons. The van der Waals surface area contributed by atoms with Crippen LogP contribution in [0, 0.1) is 0 Å². The lowest BCUT2D eigenvalue weighted by Crippen LogP contribution is -2.21. The molecule has 1 aliphatic carbocycles. The molecule has 102 valence electrons. The van der Waals surface area contributed by atoms with E-state index < -0.39 is 0 Å². The Morgan fingerprint density at radius 1 is 1.11 bits per heavy atom. The number of anilines is 2. The zero-order valence-electron chi connectivity index (χ0n) is 11.2. The van der Waals surface area contributed by atoms with Crippen LogP contribution in [0.4, 0.5) is 11.4 Å². The number of nitrogens with zero attached hydrogens (tertiary/aromatic N) is 1. The zero-order valence-corrected chi connectivity index (χ0v) is 12.0. The van der Waals surface area contributed by atoms with E-state index in [1.165, 1.54) is 49.6 Å². The summed E-state index contributed by atoms with van der Waals surface area (Å²) in [6.07, 6.45) is 9.33. The van der Waals surface area contributed by atoms with Crippen molar-refractivity contribution < 1.29 is 0 Å². The van der Waals surface area contributed by atoms with Crippen LogP contribution in [0.25, 0.3) is 10.2 Å². The Bertz CT molecular complexity index is 541. The maximum absolute atomic E-state index is 6.23. The smallest absolute Gasteiger partial charge is 0.106 e. The van der Waals surface area contributed by atoms with Crippen LogP contribution in [0.5, 0.6) is 0 Å². The van der Waals surface area contributed by atoms with E-state index >= 15 is 0 Å². The molecule has 0 saturated heterocycles. The Balaban J connectivity index is 1.77. The molecule has 0 atom stereocenters. The predicted molar refractivity (Wildman–Crippen MR) is 83.8 cm³/mol. The Kier molecular flexibility index (Phi) is 3.87. The topological polar surface area (TPSA) is 50.9 Å². The molecule has 0 unspecified atom stereocenters. The Morgan fingerprint density at radius 2 is 1.84 bits per heavy atom. The van der Waals surface area contributed by atoms with Gasteiger partial charge in [0.05, 0.1) is 21.6 Å². The fraction of sp³-hybridized carbons (Fsp3) is 0.533. The molecule has 19 heavy (non-hydrogen) atoms. The third kappa shape index (κ3) is 2.84. The highest BCUT2D eigenvalue weighted by Gasteiger charge is 2.13. The summed E-state index contributed by atoms with van der Waals surface area (Å²) < 4.78 is 1.17. The molecule has 3 rings (SSSR count). The number of aromatic nitrogens is 1. The van der Waals surface area contributed by atoms with Gasteiger partial charge < -0.3 is 11.1 Å². The molecule has 0 aliphatic heterocycles. The minimum absolute atomic E-state index is 0.568. The third-order valence-corrected chi connectivity index (χ3v) is 4.80. The summed E-state index contributed by atoms with van der Waals surface area (Å²) in [5.74, 6) is 0. The van der Waals surface area contributed by atoms with Crippen LogP contribution in [0.1, 0.15) is 44.9 Å². The average Bonchev–Trinajstić information content (AvgIpc) is 2.84. The number of rotatable bonds is 2. The maximum atomic E-state index is 6.23. The van der Waals surface area contributed by atoms with E-state index in [0.29, 0.717) is 6.04 Å². The van der Waals surface area contributed by atoms with Crippen molar-refractivity contribution >= 4 is 32.9 Å². The van der Waals surface area contributed by atoms with Gasteiger partial charge in [0.15, 0.2) is 0 Å². The van der Waals surface area contributed by atoms with Gasteiger partial charge in [0.2, 0.25) is 0 Å². The van der Waals surface area contributed by atoms with Crippen LogP contribution >= 0.6 is 11.3 Å². The average molecular weight is 275 g/mol. The summed E-state index contributed by atoms with van der Waals surface area (Å²) in [6, 6.07) is 4.79. The van der Waals surface area contributed by atoms with E-state index in [1.807, 2.05) is 5.51 Å². The van der Waals surface area contributed by atoms with Gasteiger partial charge in [-0.15, -0.1) is 11.3 Å². The van der Waals surface area contributed by atoms with Crippen LogP contribution in [-0.2, 0) is 0 Å². The molecule has 1 aliphatic rings. The predicted octanol–water partition coefficient (Wildman–Crippen LogP) is 4.40. The van der Waals surface area contributed by atoms with Crippen molar-refractivity contribution in [3.63, 3.8) is 0 Å². The van der Waals surface area contributed by atoms with Crippen LogP contribution in [0.3, 0.4) is 0 Å². The van der Waals surface area contributed by atoms with Crippen molar-refractivity contribution in [2.45, 2.75) is 51.0 Å². The van der Waals surface area contributed by atoms with E-state index in [4.69, 9.17) is 5.73 Å². The van der Waals surface area contributed by atoms with Crippen molar-refractivity contribution in [2.75, 3.05) is 11.1 Å². The van der Waals surface area contributed by atoms with Crippen LogP contribution < -0.4 is 11.1 Å². The fourth-order valence-electron chi connectivity index (χ4n) is 2.90. The summed E-state index contributed by atoms with van der Waals surface area (Å²) >= 11 is 1.64. The van der Waals surface area contributed by atoms with Gasteiger partial charge in [0.25, 0.3) is 0 Å². The molecule has 1 fully saturated rings. The van der Waals surface area contributed by atoms with Crippen LogP contribution in [0.2, 0.25) is 0 Å². The molecule has 3 N–H and O–H groups in total. The third-order valence-electron chi connectivity index (χ3n) is 4.01. The van der Waals surface area contributed by atoms with E-state index in [0.717, 1.165) is 16.9 Å². The summed E-state index contributed by atoms with van der Waals surface area (Å²) in [5, 5.41) is 3.64. The number of hydrogen-bond acceptors (Lipinski definition) is 4. The molecule has 4 heteroatoms. The molecule has 1 heterocycles. The molecule has 2 aromatic rings. The second kappa shape index (κ2) is 5.78. The molecule has 1 aromatic carbocycles. The number of hydrogen-bond donors (Lipinski definition) is 2. The first kappa shape index (κ1) is 12.7. The first-order valence-electron chi connectivity index (χ1n) is 7.23. The second-order valence-corrected chi connectivity index (χ2v) is 6.30. The lowest BCUT2D eigenvalue weighted by molar-refractivity contribution is 0.471. The summed E-state index contributed by atoms with van der Waals surface area (Å²) in [5.41, 5.74) is 10.9. The minimum Gasteiger partial charge on any atom is -0.395 e. The van der Waals surface area contributed by atoms with Gasteiger partial charge in [-0.05, 0) is 25.0 Å². The number of nitrogen functional groups attached to an aromatic ring is 1. The molecule has 1 saturated carbocycles. The second-order valence-electron chi connectivity index (χ2n) is 5.41. The summed E-state index contributed by atoms with van der Waals surface area (Å²) in [6.45, 7) is 0. The van der Waals surface area contributed by atoms with Crippen molar-refractivity contribution in [3.8, 4) is 0 Å². The minimum atomic E-state index is 0.568. The molecular formula is C15H21N3S. The van der Waals surface area contributed by atoms with Crippen LogP contribution in [-0.4, -0.2) is 11.0 Å². The van der Waals surface area contributed by atoms with Crippen molar-refractivity contribution in [1.82, 2.24) is 4.98 Å². The van der Waals surface area contributed by atoms with Crippen molar-refractivity contribution in [3.05, 3.63) is 17.6 Å².